The van der Waals surface area contributed by atoms with Crippen molar-refractivity contribution in [3.63, 3.8) is 0 Å². The van der Waals surface area contributed by atoms with Gasteiger partial charge in [-0.2, -0.15) is 0 Å². The summed E-state index contributed by atoms with van der Waals surface area (Å²) in [6, 6.07) is 10.6. The van der Waals surface area contributed by atoms with Crippen molar-refractivity contribution in [2.75, 3.05) is 44.4 Å². The molecule has 1 amide bonds. The fourth-order valence-electron chi connectivity index (χ4n) is 5.24. The molecule has 1 unspecified atom stereocenters. The Balaban J connectivity index is 1.82. The molecule has 2 aromatic carbocycles. The quantitative estimate of drug-likeness (QED) is 0.455. The number of fused-ring (bicyclic) bond motifs is 1. The number of Topliss-reactive ketones (excluding diaryl/α,β-unsaturated/α-hetero) is 1. The van der Waals surface area contributed by atoms with Crippen molar-refractivity contribution in [2.24, 2.45) is 5.41 Å². The van der Waals surface area contributed by atoms with Gasteiger partial charge in [0.05, 0.1) is 23.0 Å². The molecular weight excluding hydrogens is 495 g/mol. The number of likely N-dealkylation sites (N-methyl/N-ethyl adjacent to an activating group) is 1. The summed E-state index contributed by atoms with van der Waals surface area (Å²) in [5, 5.41) is 7.62. The van der Waals surface area contributed by atoms with Crippen LogP contribution in [0.2, 0.25) is 10.0 Å². The Hall–Kier alpha value is -2.54. The molecule has 0 fully saturated rings. The minimum absolute atomic E-state index is 0.0825. The van der Waals surface area contributed by atoms with Gasteiger partial charge >= 0.3 is 0 Å². The van der Waals surface area contributed by atoms with Crippen LogP contribution in [0, 0.1) is 5.41 Å². The molecule has 36 heavy (non-hydrogen) atoms. The monoisotopic (exact) mass is 528 g/mol. The van der Waals surface area contributed by atoms with Crippen molar-refractivity contribution in [2.45, 2.75) is 39.2 Å². The van der Waals surface area contributed by atoms with Crippen molar-refractivity contribution >= 4 is 46.3 Å². The summed E-state index contributed by atoms with van der Waals surface area (Å²) < 4.78 is 0. The normalized spacial score (nSPS) is 18.9. The second kappa shape index (κ2) is 10.4. The van der Waals surface area contributed by atoms with E-state index in [1.54, 1.807) is 12.1 Å². The number of amides is 1. The molecule has 1 aliphatic carbocycles. The molecule has 0 saturated heterocycles. The van der Waals surface area contributed by atoms with E-state index in [9.17, 15) is 9.59 Å². The number of benzene rings is 2. The lowest BCUT2D eigenvalue weighted by Crippen LogP contribution is -2.35. The first kappa shape index (κ1) is 26.5. The predicted molar refractivity (Wildman–Crippen MR) is 148 cm³/mol. The molecule has 0 radical (unpaired) electrons. The van der Waals surface area contributed by atoms with Crippen LogP contribution in [0.1, 0.15) is 55.1 Å². The zero-order valence-electron chi connectivity index (χ0n) is 21.5. The van der Waals surface area contributed by atoms with Crippen molar-refractivity contribution < 1.29 is 9.59 Å². The van der Waals surface area contributed by atoms with E-state index >= 15 is 0 Å². The smallest absolute Gasteiger partial charge is 0.253 e. The van der Waals surface area contributed by atoms with Crippen LogP contribution in [0.5, 0.6) is 0 Å². The van der Waals surface area contributed by atoms with Crippen LogP contribution in [0.3, 0.4) is 0 Å². The Morgan fingerprint density at radius 2 is 1.94 bits per heavy atom. The highest BCUT2D eigenvalue weighted by Gasteiger charge is 2.42. The molecule has 0 aromatic heterocycles. The number of allylic oxidation sites excluding steroid dienone is 1. The molecular formula is C28H34Cl2N4O2. The van der Waals surface area contributed by atoms with Crippen LogP contribution in [-0.2, 0) is 4.79 Å². The minimum atomic E-state index is -0.468. The Kier molecular flexibility index (Phi) is 7.69. The topological polar surface area (TPSA) is 64.7 Å². The predicted octanol–water partition coefficient (Wildman–Crippen LogP) is 5.92. The summed E-state index contributed by atoms with van der Waals surface area (Å²) in [5.41, 5.74) is 4.24. The largest absolute Gasteiger partial charge is 0.361 e. The molecule has 6 nitrogen and oxygen atoms in total. The molecule has 0 saturated carbocycles. The van der Waals surface area contributed by atoms with E-state index in [2.05, 4.69) is 29.4 Å². The highest BCUT2D eigenvalue weighted by Crippen LogP contribution is 2.49. The van der Waals surface area contributed by atoms with Gasteiger partial charge in [0, 0.05) is 41.3 Å². The van der Waals surface area contributed by atoms with Crippen LogP contribution in [-0.4, -0.2) is 50.8 Å². The molecule has 1 aliphatic heterocycles. The minimum Gasteiger partial charge on any atom is -0.361 e. The first-order valence-corrected chi connectivity index (χ1v) is 13.0. The molecule has 192 valence electrons. The number of anilines is 2. The van der Waals surface area contributed by atoms with Crippen molar-refractivity contribution in [3.8, 4) is 0 Å². The van der Waals surface area contributed by atoms with E-state index in [-0.39, 0.29) is 17.1 Å². The summed E-state index contributed by atoms with van der Waals surface area (Å²) >= 11 is 12.9. The fourth-order valence-corrected chi connectivity index (χ4v) is 5.75. The average Bonchev–Trinajstić information content (AvgIpc) is 2.90. The number of carbonyl (C=O) groups excluding carboxylic acids is 2. The lowest BCUT2D eigenvalue weighted by molar-refractivity contribution is -0.118. The second-order valence-corrected chi connectivity index (χ2v) is 11.6. The summed E-state index contributed by atoms with van der Waals surface area (Å²) in [6.45, 7) is 5.67. The van der Waals surface area contributed by atoms with E-state index in [0.717, 1.165) is 35.6 Å². The summed E-state index contributed by atoms with van der Waals surface area (Å²) in [7, 11) is 5.94. The van der Waals surface area contributed by atoms with Crippen LogP contribution in [0.15, 0.2) is 47.7 Å². The molecule has 8 heteroatoms. The van der Waals surface area contributed by atoms with Gasteiger partial charge in [0.25, 0.3) is 5.91 Å². The van der Waals surface area contributed by atoms with Gasteiger partial charge in [-0.1, -0.05) is 49.2 Å². The third-order valence-electron chi connectivity index (χ3n) is 6.82. The Morgan fingerprint density at radius 1 is 1.19 bits per heavy atom. The van der Waals surface area contributed by atoms with Crippen LogP contribution < -0.4 is 15.5 Å². The lowest BCUT2D eigenvalue weighted by atomic mass is 9.73. The Labute approximate surface area is 223 Å². The van der Waals surface area contributed by atoms with Crippen LogP contribution in [0.25, 0.3) is 0 Å². The number of nitrogens with zero attached hydrogens (tertiary/aromatic N) is 2. The molecule has 0 spiro atoms. The number of halogens is 2. The van der Waals surface area contributed by atoms with Gasteiger partial charge in [-0.05, 0) is 68.7 Å². The number of ketones is 1. The van der Waals surface area contributed by atoms with Gasteiger partial charge < -0.3 is 20.4 Å². The maximum Gasteiger partial charge on any atom is 0.253 e. The van der Waals surface area contributed by atoms with Gasteiger partial charge in [-0.3, -0.25) is 9.59 Å². The van der Waals surface area contributed by atoms with Crippen LogP contribution in [0.4, 0.5) is 11.4 Å². The fraction of sp³-hybridized carbons (Fsp3) is 0.429. The third-order valence-corrected chi connectivity index (χ3v) is 7.39. The highest BCUT2D eigenvalue weighted by atomic mass is 35.5. The molecule has 1 atom stereocenters. The molecule has 4 rings (SSSR count). The Morgan fingerprint density at radius 3 is 2.64 bits per heavy atom. The molecule has 2 N–H and O–H groups in total. The van der Waals surface area contributed by atoms with Gasteiger partial charge in [-0.15, -0.1) is 0 Å². The van der Waals surface area contributed by atoms with E-state index < -0.39 is 6.04 Å². The van der Waals surface area contributed by atoms with Crippen molar-refractivity contribution in [3.05, 3.63) is 68.8 Å². The maximum atomic E-state index is 13.6. The van der Waals surface area contributed by atoms with Gasteiger partial charge in [0.1, 0.15) is 0 Å². The second-order valence-electron chi connectivity index (χ2n) is 10.8. The number of hydrogen-bond donors (Lipinski definition) is 2. The number of nitrogens with one attached hydrogen (secondary N) is 2. The van der Waals surface area contributed by atoms with Crippen molar-refractivity contribution in [1.82, 2.24) is 10.2 Å². The molecule has 2 aliphatic rings. The number of hydrogen-bond acceptors (Lipinski definition) is 5. The van der Waals surface area contributed by atoms with Crippen LogP contribution >= 0.6 is 23.2 Å². The first-order valence-electron chi connectivity index (χ1n) is 12.3. The first-order chi connectivity index (χ1) is 17.0. The Bertz CT molecular complexity index is 1220. The molecule has 0 bridgehead atoms. The zero-order valence-corrected chi connectivity index (χ0v) is 23.1. The summed E-state index contributed by atoms with van der Waals surface area (Å²) in [6.07, 6.45) is 2.01. The van der Waals surface area contributed by atoms with Gasteiger partial charge in [0.15, 0.2) is 5.78 Å². The highest BCUT2D eigenvalue weighted by molar-refractivity contribution is 6.35. The van der Waals surface area contributed by atoms with E-state index in [1.807, 2.05) is 50.3 Å². The molecule has 2 aromatic rings. The van der Waals surface area contributed by atoms with E-state index in [0.29, 0.717) is 40.6 Å². The van der Waals surface area contributed by atoms with Gasteiger partial charge in [0.2, 0.25) is 0 Å². The number of carbonyl (C=O) groups is 2. The number of para-hydroxylation sites is 1. The number of rotatable bonds is 6. The third kappa shape index (κ3) is 5.41. The van der Waals surface area contributed by atoms with Gasteiger partial charge in [-0.25, -0.2) is 0 Å². The van der Waals surface area contributed by atoms with E-state index in [1.165, 1.54) is 0 Å². The summed E-state index contributed by atoms with van der Waals surface area (Å²) in [4.78, 5) is 31.1. The SMILES string of the molecule is CN(C)CCCNC(=O)c1cccc2c1N(C)C(c1ccc(Cl)cc1Cl)C1=C(CC(C)(C)CC1=O)N2. The lowest BCUT2D eigenvalue weighted by Gasteiger charge is -2.37. The van der Waals surface area contributed by atoms with Crippen molar-refractivity contribution in [1.29, 1.82) is 0 Å². The zero-order chi connectivity index (χ0) is 26.2. The summed E-state index contributed by atoms with van der Waals surface area (Å²) in [5.74, 6) is -0.0640. The average molecular weight is 530 g/mol. The van der Waals surface area contributed by atoms with E-state index in [4.69, 9.17) is 23.2 Å². The maximum absolute atomic E-state index is 13.6. The molecule has 1 heterocycles. The standard InChI is InChI=1S/C28H34Cl2N4O2/c1-28(2)15-22-24(23(35)16-28)26(18-11-10-17(29)14-20(18)30)34(5)25-19(8-6-9-21(25)32-22)27(36)31-12-7-13-33(3)4/h6,8-11,14,26,32H,7,12-13,15-16H2,1-5H3,(H,31,36).